The number of benzene rings is 3. The molecular weight excluding hydrogens is 472 g/mol. The van der Waals surface area contributed by atoms with Gasteiger partial charge < -0.3 is 14.7 Å². The number of hydrogen-bond acceptors (Lipinski definition) is 4. The molecule has 5 rings (SSSR count). The maximum Gasteiger partial charge on any atom is 0.273 e. The number of para-hydroxylation sites is 1. The Kier molecular flexibility index (Phi) is 7.70. The number of H-pyrrole nitrogens is 1. The smallest absolute Gasteiger partial charge is 0.273 e. The van der Waals surface area contributed by atoms with Crippen molar-refractivity contribution in [2.75, 3.05) is 6.54 Å². The van der Waals surface area contributed by atoms with E-state index in [9.17, 15) is 4.79 Å². The van der Waals surface area contributed by atoms with Crippen molar-refractivity contribution < 1.29 is 9.21 Å². The number of amides is 1. The van der Waals surface area contributed by atoms with Crippen LogP contribution in [0.2, 0.25) is 0 Å². The Bertz CT molecular complexity index is 1520. The highest BCUT2D eigenvalue weighted by Crippen LogP contribution is 2.21. The van der Waals surface area contributed by atoms with Gasteiger partial charge in [-0.3, -0.25) is 9.69 Å². The summed E-state index contributed by atoms with van der Waals surface area (Å²) >= 11 is 0. The molecule has 0 spiro atoms. The third-order valence-corrected chi connectivity index (χ3v) is 7.06. The van der Waals surface area contributed by atoms with Gasteiger partial charge in [-0.05, 0) is 55.5 Å². The van der Waals surface area contributed by atoms with Gasteiger partial charge in [-0.25, -0.2) is 4.98 Å². The molecule has 0 radical (unpaired) electrons. The van der Waals surface area contributed by atoms with Gasteiger partial charge in [-0.1, -0.05) is 72.3 Å². The molecule has 0 fully saturated rings. The van der Waals surface area contributed by atoms with Crippen LogP contribution in [-0.4, -0.2) is 27.3 Å². The molecule has 2 N–H and O–H groups in total. The topological polar surface area (TPSA) is 74.2 Å². The number of carbonyl (C=O) groups is 1. The molecule has 1 amide bonds. The van der Waals surface area contributed by atoms with Crippen LogP contribution in [0.4, 0.5) is 0 Å². The van der Waals surface area contributed by atoms with Gasteiger partial charge in [0.15, 0.2) is 5.69 Å². The zero-order chi connectivity index (χ0) is 26.5. The molecule has 38 heavy (non-hydrogen) atoms. The molecule has 0 saturated carbocycles. The zero-order valence-corrected chi connectivity index (χ0v) is 22.2. The van der Waals surface area contributed by atoms with E-state index in [0.29, 0.717) is 18.1 Å². The fraction of sp³-hybridized carbons (Fsp3) is 0.250. The van der Waals surface area contributed by atoms with E-state index in [1.165, 1.54) is 33.9 Å². The van der Waals surface area contributed by atoms with Gasteiger partial charge in [-0.15, -0.1) is 0 Å². The Morgan fingerprint density at radius 3 is 2.63 bits per heavy atom. The molecule has 0 aliphatic carbocycles. The van der Waals surface area contributed by atoms with E-state index in [1.807, 2.05) is 43.3 Å². The second kappa shape index (κ2) is 11.5. The first kappa shape index (κ1) is 25.5. The molecule has 3 aromatic carbocycles. The van der Waals surface area contributed by atoms with Crippen molar-refractivity contribution in [2.24, 2.45) is 0 Å². The number of fused-ring (bicyclic) bond motifs is 1. The lowest BCUT2D eigenvalue weighted by Gasteiger charge is -2.22. The molecule has 194 valence electrons. The van der Waals surface area contributed by atoms with Crippen molar-refractivity contribution in [2.45, 2.75) is 46.3 Å². The summed E-state index contributed by atoms with van der Waals surface area (Å²) in [6, 6.07) is 24.7. The standard InChI is InChI=1S/C32H34N4O2/c1-22-13-14-23(2)27(17-22)19-36(16-15-26-18-33-29-12-8-7-11-28(26)29)20-31-35-30(21-38-31)32(37)34-24(3)25-9-5-4-6-10-25/h4-14,17-18,21,24,33H,15-16,19-20H2,1-3H3,(H,34,37). The number of rotatable bonds is 10. The summed E-state index contributed by atoms with van der Waals surface area (Å²) in [6.07, 6.45) is 4.44. The largest absolute Gasteiger partial charge is 0.447 e. The number of aryl methyl sites for hydroxylation is 2. The molecule has 5 aromatic rings. The van der Waals surface area contributed by atoms with Crippen molar-refractivity contribution in [1.29, 1.82) is 0 Å². The molecule has 2 heterocycles. The van der Waals surface area contributed by atoms with Crippen LogP contribution < -0.4 is 5.32 Å². The minimum Gasteiger partial charge on any atom is -0.447 e. The summed E-state index contributed by atoms with van der Waals surface area (Å²) in [4.78, 5) is 23.1. The molecule has 6 heteroatoms. The molecule has 6 nitrogen and oxygen atoms in total. The van der Waals surface area contributed by atoms with Crippen molar-refractivity contribution in [3.63, 3.8) is 0 Å². The van der Waals surface area contributed by atoms with Crippen LogP contribution in [0.15, 0.2) is 89.7 Å². The van der Waals surface area contributed by atoms with Crippen LogP contribution in [0.5, 0.6) is 0 Å². The highest BCUT2D eigenvalue weighted by molar-refractivity contribution is 5.92. The fourth-order valence-corrected chi connectivity index (χ4v) is 4.82. The SMILES string of the molecule is Cc1ccc(C)c(CN(CCc2c[nH]c3ccccc23)Cc2nc(C(=O)NC(C)c3ccccc3)co2)c1. The van der Waals surface area contributed by atoms with Crippen LogP contribution in [0.25, 0.3) is 10.9 Å². The quantitative estimate of drug-likeness (QED) is 0.226. The number of aromatic amines is 1. The minimum atomic E-state index is -0.240. The fourth-order valence-electron chi connectivity index (χ4n) is 4.82. The van der Waals surface area contributed by atoms with E-state index in [0.717, 1.165) is 30.6 Å². The van der Waals surface area contributed by atoms with E-state index >= 15 is 0 Å². The zero-order valence-electron chi connectivity index (χ0n) is 22.2. The summed E-state index contributed by atoms with van der Waals surface area (Å²) in [6.45, 7) is 8.33. The summed E-state index contributed by atoms with van der Waals surface area (Å²) in [7, 11) is 0. The van der Waals surface area contributed by atoms with Gasteiger partial charge >= 0.3 is 0 Å². The number of nitrogens with one attached hydrogen (secondary N) is 2. The van der Waals surface area contributed by atoms with Crippen LogP contribution in [0, 0.1) is 13.8 Å². The van der Waals surface area contributed by atoms with E-state index in [1.54, 1.807) is 0 Å². The van der Waals surface area contributed by atoms with Crippen LogP contribution in [0.3, 0.4) is 0 Å². The van der Waals surface area contributed by atoms with Gasteiger partial charge in [-0.2, -0.15) is 0 Å². The van der Waals surface area contributed by atoms with Gasteiger partial charge in [0.1, 0.15) is 6.26 Å². The number of oxazole rings is 1. The summed E-state index contributed by atoms with van der Waals surface area (Å²) < 4.78 is 5.78. The maximum absolute atomic E-state index is 12.9. The molecule has 1 unspecified atom stereocenters. The van der Waals surface area contributed by atoms with Crippen molar-refractivity contribution in [3.05, 3.63) is 125 Å². The molecule has 2 aromatic heterocycles. The van der Waals surface area contributed by atoms with Crippen molar-refractivity contribution in [3.8, 4) is 0 Å². The monoisotopic (exact) mass is 506 g/mol. The molecule has 0 saturated heterocycles. The van der Waals surface area contributed by atoms with Crippen molar-refractivity contribution >= 4 is 16.8 Å². The Labute approximate surface area is 223 Å². The number of aromatic nitrogens is 2. The van der Waals surface area contributed by atoms with Gasteiger partial charge in [0.05, 0.1) is 12.6 Å². The first-order chi connectivity index (χ1) is 18.5. The van der Waals surface area contributed by atoms with Crippen molar-refractivity contribution in [1.82, 2.24) is 20.2 Å². The predicted octanol–water partition coefficient (Wildman–Crippen LogP) is 6.51. The van der Waals surface area contributed by atoms with Crippen LogP contribution in [0.1, 0.15) is 57.2 Å². The predicted molar refractivity (Wildman–Crippen MR) is 151 cm³/mol. The Morgan fingerprint density at radius 1 is 1.00 bits per heavy atom. The number of carbonyl (C=O) groups excluding carboxylic acids is 1. The lowest BCUT2D eigenvalue weighted by atomic mass is 10.0. The summed E-state index contributed by atoms with van der Waals surface area (Å²) in [5.41, 5.74) is 7.56. The van der Waals surface area contributed by atoms with Gasteiger partial charge in [0.2, 0.25) is 5.89 Å². The van der Waals surface area contributed by atoms with Crippen LogP contribution in [-0.2, 0) is 19.5 Å². The van der Waals surface area contributed by atoms with Gasteiger partial charge in [0, 0.05) is 30.2 Å². The lowest BCUT2D eigenvalue weighted by Crippen LogP contribution is -2.27. The Balaban J connectivity index is 1.30. The third kappa shape index (κ3) is 6.03. The molecule has 0 aliphatic rings. The Hall–Kier alpha value is -4.16. The molecule has 0 bridgehead atoms. The second-order valence-electron chi connectivity index (χ2n) is 9.98. The first-order valence-corrected chi connectivity index (χ1v) is 13.1. The number of hydrogen-bond donors (Lipinski definition) is 2. The van der Waals surface area contributed by atoms with E-state index in [2.05, 4.69) is 76.6 Å². The molecule has 0 aliphatic heterocycles. The second-order valence-corrected chi connectivity index (χ2v) is 9.98. The maximum atomic E-state index is 12.9. The van der Waals surface area contributed by atoms with Gasteiger partial charge in [0.25, 0.3) is 5.91 Å². The number of nitrogens with zero attached hydrogens (tertiary/aromatic N) is 2. The lowest BCUT2D eigenvalue weighted by molar-refractivity contribution is 0.0934. The van der Waals surface area contributed by atoms with E-state index in [-0.39, 0.29) is 11.9 Å². The average molecular weight is 507 g/mol. The third-order valence-electron chi connectivity index (χ3n) is 7.06. The highest BCUT2D eigenvalue weighted by atomic mass is 16.3. The minimum absolute atomic E-state index is 0.124. The normalized spacial score (nSPS) is 12.2. The Morgan fingerprint density at radius 2 is 1.79 bits per heavy atom. The van der Waals surface area contributed by atoms with Crippen LogP contribution >= 0.6 is 0 Å². The average Bonchev–Trinajstić information content (AvgIpc) is 3.57. The van der Waals surface area contributed by atoms with E-state index < -0.39 is 0 Å². The highest BCUT2D eigenvalue weighted by Gasteiger charge is 2.18. The molecular formula is C32H34N4O2. The summed E-state index contributed by atoms with van der Waals surface area (Å²) in [5.74, 6) is 0.294. The first-order valence-electron chi connectivity index (χ1n) is 13.1. The summed E-state index contributed by atoms with van der Waals surface area (Å²) in [5, 5.41) is 4.27. The molecule has 1 atom stereocenters. The van der Waals surface area contributed by atoms with E-state index in [4.69, 9.17) is 4.42 Å².